The van der Waals surface area contributed by atoms with Crippen molar-refractivity contribution >= 4 is 23.1 Å². The molecule has 6 heteroatoms. The second-order valence-electron chi connectivity index (χ2n) is 5.45. The monoisotopic (exact) mass is 336 g/mol. The minimum Gasteiger partial charge on any atom is -0.497 e. The average Bonchev–Trinajstić information content (AvgIpc) is 2.64. The Bertz CT molecular complexity index is 1000. The molecule has 1 heterocycles. The minimum absolute atomic E-state index is 0.201. The largest absolute Gasteiger partial charge is 0.497 e. The highest BCUT2D eigenvalue weighted by atomic mass is 16.5. The molecule has 6 nitrogen and oxygen atoms in total. The minimum atomic E-state index is -0.389. The van der Waals surface area contributed by atoms with E-state index in [-0.39, 0.29) is 16.9 Å². The summed E-state index contributed by atoms with van der Waals surface area (Å²) in [6, 6.07) is 12.0. The molecule has 1 amide bonds. The van der Waals surface area contributed by atoms with Gasteiger partial charge in [-0.05, 0) is 43.3 Å². The molecule has 0 atom stereocenters. The number of hydrazone groups is 1. The second kappa shape index (κ2) is 7.00. The summed E-state index contributed by atoms with van der Waals surface area (Å²) in [6.45, 7) is 1.90. The van der Waals surface area contributed by atoms with Crippen LogP contribution in [0.5, 0.6) is 5.75 Å². The molecule has 3 aromatic rings. The Hall–Kier alpha value is -3.41. The molecule has 0 unspecified atom stereocenters. The van der Waals surface area contributed by atoms with E-state index >= 15 is 0 Å². The Morgan fingerprint density at radius 2 is 1.96 bits per heavy atom. The quantitative estimate of drug-likeness (QED) is 0.587. The summed E-state index contributed by atoms with van der Waals surface area (Å²) >= 11 is 0. The lowest BCUT2D eigenvalue weighted by Crippen LogP contribution is -2.18. The fraction of sp³-hybridized carbons (Fsp3) is 0.105. The van der Waals surface area contributed by atoms with E-state index in [1.54, 1.807) is 43.5 Å². The number of carbonyl (C=O) groups excluding carboxylic acids is 1. The Balaban J connectivity index is 1.77. The molecular weight excluding hydrogens is 320 g/mol. The van der Waals surface area contributed by atoms with E-state index in [1.807, 2.05) is 13.0 Å². The molecule has 3 rings (SSSR count). The molecule has 0 fully saturated rings. The first kappa shape index (κ1) is 16.4. The number of aryl methyl sites for hydroxylation is 1. The Kier molecular flexibility index (Phi) is 4.61. The Morgan fingerprint density at radius 3 is 2.68 bits per heavy atom. The van der Waals surface area contributed by atoms with Gasteiger partial charge in [-0.15, -0.1) is 0 Å². The van der Waals surface area contributed by atoms with E-state index in [9.17, 15) is 9.59 Å². The van der Waals surface area contributed by atoms with Crippen LogP contribution in [0.3, 0.4) is 0 Å². The van der Waals surface area contributed by atoms with Crippen molar-refractivity contribution in [3.05, 3.63) is 75.6 Å². The highest BCUT2D eigenvalue weighted by molar-refractivity contribution is 5.95. The number of ether oxygens (including phenoxy) is 1. The SMILES string of the molecule is COc1ccc(C(=O)N/N=C/c2coc3ccc(C)cc3c2=O)cc1. The lowest BCUT2D eigenvalue weighted by molar-refractivity contribution is 0.0955. The third-order valence-corrected chi connectivity index (χ3v) is 3.68. The molecule has 1 N–H and O–H groups in total. The summed E-state index contributed by atoms with van der Waals surface area (Å²) in [5, 5.41) is 4.31. The van der Waals surface area contributed by atoms with Crippen molar-refractivity contribution < 1.29 is 13.9 Å². The zero-order valence-corrected chi connectivity index (χ0v) is 13.8. The van der Waals surface area contributed by atoms with Gasteiger partial charge in [0.2, 0.25) is 5.43 Å². The number of nitrogens with zero attached hydrogens (tertiary/aromatic N) is 1. The van der Waals surface area contributed by atoms with Crippen LogP contribution in [-0.2, 0) is 0 Å². The lowest BCUT2D eigenvalue weighted by Gasteiger charge is -2.02. The topological polar surface area (TPSA) is 80.9 Å². The van der Waals surface area contributed by atoms with Crippen LogP contribution in [0.25, 0.3) is 11.0 Å². The van der Waals surface area contributed by atoms with Crippen molar-refractivity contribution in [3.8, 4) is 5.75 Å². The molecule has 0 aliphatic rings. The van der Waals surface area contributed by atoms with Crippen molar-refractivity contribution in [2.45, 2.75) is 6.92 Å². The Morgan fingerprint density at radius 1 is 1.20 bits per heavy atom. The fourth-order valence-electron chi connectivity index (χ4n) is 2.32. The van der Waals surface area contributed by atoms with Crippen LogP contribution in [-0.4, -0.2) is 19.2 Å². The van der Waals surface area contributed by atoms with Crippen molar-refractivity contribution in [1.29, 1.82) is 0 Å². The highest BCUT2D eigenvalue weighted by Crippen LogP contribution is 2.13. The van der Waals surface area contributed by atoms with Gasteiger partial charge in [0.1, 0.15) is 17.6 Å². The van der Waals surface area contributed by atoms with E-state index in [1.165, 1.54) is 12.5 Å². The number of benzene rings is 2. The van der Waals surface area contributed by atoms with Crippen molar-refractivity contribution in [1.82, 2.24) is 5.43 Å². The molecule has 0 aliphatic carbocycles. The number of amides is 1. The number of nitrogens with one attached hydrogen (secondary N) is 1. The van der Waals surface area contributed by atoms with Gasteiger partial charge in [-0.2, -0.15) is 5.10 Å². The molecule has 0 bridgehead atoms. The number of rotatable bonds is 4. The number of fused-ring (bicyclic) bond motifs is 1. The summed E-state index contributed by atoms with van der Waals surface area (Å²) in [6.07, 6.45) is 2.60. The molecule has 1 aromatic heterocycles. The molecular formula is C19H16N2O4. The molecule has 126 valence electrons. The number of carbonyl (C=O) groups is 1. The van der Waals surface area contributed by atoms with Crippen LogP contribution >= 0.6 is 0 Å². The number of hydrogen-bond donors (Lipinski definition) is 1. The van der Waals surface area contributed by atoms with E-state index in [0.29, 0.717) is 22.3 Å². The molecule has 25 heavy (non-hydrogen) atoms. The van der Waals surface area contributed by atoms with Gasteiger partial charge >= 0.3 is 0 Å². The average molecular weight is 336 g/mol. The molecule has 2 aromatic carbocycles. The van der Waals surface area contributed by atoms with Gasteiger partial charge in [-0.3, -0.25) is 9.59 Å². The van der Waals surface area contributed by atoms with E-state index < -0.39 is 0 Å². The normalized spacial score (nSPS) is 11.0. The van der Waals surface area contributed by atoms with Gasteiger partial charge in [0.15, 0.2) is 0 Å². The first-order valence-corrected chi connectivity index (χ1v) is 7.58. The summed E-state index contributed by atoms with van der Waals surface area (Å²) in [5.41, 5.74) is 4.34. The van der Waals surface area contributed by atoms with Crippen molar-refractivity contribution in [2.75, 3.05) is 7.11 Å². The van der Waals surface area contributed by atoms with E-state index in [4.69, 9.17) is 9.15 Å². The predicted molar refractivity (Wildman–Crippen MR) is 95.3 cm³/mol. The van der Waals surface area contributed by atoms with Crippen LogP contribution < -0.4 is 15.6 Å². The van der Waals surface area contributed by atoms with Gasteiger partial charge in [0.05, 0.1) is 24.3 Å². The van der Waals surface area contributed by atoms with Crippen molar-refractivity contribution in [3.63, 3.8) is 0 Å². The number of hydrogen-bond acceptors (Lipinski definition) is 5. The highest BCUT2D eigenvalue weighted by Gasteiger charge is 2.07. The molecule has 0 spiro atoms. The standard InChI is InChI=1S/C19H16N2O4/c1-12-3-8-17-16(9-12)18(22)14(11-25-17)10-20-21-19(23)13-4-6-15(24-2)7-5-13/h3-11H,1-2H3,(H,21,23)/b20-10+. The van der Waals surface area contributed by atoms with Gasteiger partial charge < -0.3 is 9.15 Å². The first-order valence-electron chi connectivity index (χ1n) is 7.58. The van der Waals surface area contributed by atoms with Gasteiger partial charge in [-0.25, -0.2) is 5.43 Å². The van der Waals surface area contributed by atoms with Crippen molar-refractivity contribution in [2.24, 2.45) is 5.10 Å². The molecule has 0 radical (unpaired) electrons. The molecule has 0 aliphatic heterocycles. The molecule has 0 saturated carbocycles. The third kappa shape index (κ3) is 3.58. The lowest BCUT2D eigenvalue weighted by atomic mass is 10.1. The van der Waals surface area contributed by atoms with Crippen LogP contribution in [0.15, 0.2) is 63.0 Å². The third-order valence-electron chi connectivity index (χ3n) is 3.68. The summed E-state index contributed by atoms with van der Waals surface area (Å²) in [7, 11) is 1.55. The zero-order chi connectivity index (χ0) is 17.8. The van der Waals surface area contributed by atoms with E-state index in [2.05, 4.69) is 10.5 Å². The maximum absolute atomic E-state index is 12.4. The van der Waals surface area contributed by atoms with Crippen LogP contribution in [0.2, 0.25) is 0 Å². The summed E-state index contributed by atoms with van der Waals surface area (Å²) < 4.78 is 10.5. The van der Waals surface area contributed by atoms with Gasteiger partial charge in [-0.1, -0.05) is 11.6 Å². The predicted octanol–water partition coefficient (Wildman–Crippen LogP) is 2.87. The van der Waals surface area contributed by atoms with Gasteiger partial charge in [0.25, 0.3) is 5.91 Å². The first-order chi connectivity index (χ1) is 12.1. The summed E-state index contributed by atoms with van der Waals surface area (Å²) in [4.78, 5) is 24.4. The smallest absolute Gasteiger partial charge is 0.271 e. The fourth-order valence-corrected chi connectivity index (χ4v) is 2.32. The molecule has 0 saturated heterocycles. The van der Waals surface area contributed by atoms with E-state index in [0.717, 1.165) is 5.56 Å². The maximum Gasteiger partial charge on any atom is 0.271 e. The van der Waals surface area contributed by atoms with Crippen LogP contribution in [0.1, 0.15) is 21.5 Å². The zero-order valence-electron chi connectivity index (χ0n) is 13.8. The Labute approximate surface area is 143 Å². The van der Waals surface area contributed by atoms with Gasteiger partial charge in [0, 0.05) is 5.56 Å². The summed E-state index contributed by atoms with van der Waals surface area (Å²) in [5.74, 6) is 0.268. The number of methoxy groups -OCH3 is 1. The van der Waals surface area contributed by atoms with Crippen LogP contribution in [0.4, 0.5) is 0 Å². The second-order valence-corrected chi connectivity index (χ2v) is 5.45. The maximum atomic E-state index is 12.4. The van der Waals surface area contributed by atoms with Crippen LogP contribution in [0, 0.1) is 6.92 Å².